The van der Waals surface area contributed by atoms with Gasteiger partial charge in [0.05, 0.1) is 11.8 Å². The van der Waals surface area contributed by atoms with Crippen molar-refractivity contribution in [2.45, 2.75) is 32.6 Å². The molecule has 0 saturated heterocycles. The van der Waals surface area contributed by atoms with Crippen LogP contribution >= 0.6 is 0 Å². The fourth-order valence-electron chi connectivity index (χ4n) is 3.13. The van der Waals surface area contributed by atoms with E-state index in [4.69, 9.17) is 4.52 Å². The Morgan fingerprint density at radius 3 is 1.96 bits per heavy atom. The second kappa shape index (κ2) is 6.33. The summed E-state index contributed by atoms with van der Waals surface area (Å²) in [5.74, 6) is 0.755. The molecule has 1 heterocycles. The quantitative estimate of drug-likeness (QED) is 0.704. The SMILES string of the molecule is Cc1cccc(C(C#N)(Cc2cc(C)on2)c2cccc(C)c2)c1. The molecule has 3 nitrogen and oxygen atoms in total. The minimum Gasteiger partial charge on any atom is -0.361 e. The first-order valence-electron chi connectivity index (χ1n) is 8.01. The summed E-state index contributed by atoms with van der Waals surface area (Å²) in [7, 11) is 0. The van der Waals surface area contributed by atoms with Gasteiger partial charge in [0, 0.05) is 12.5 Å². The fourth-order valence-corrected chi connectivity index (χ4v) is 3.13. The van der Waals surface area contributed by atoms with Crippen molar-refractivity contribution < 1.29 is 4.52 Å². The van der Waals surface area contributed by atoms with Crippen LogP contribution < -0.4 is 0 Å². The van der Waals surface area contributed by atoms with Gasteiger partial charge in [0.2, 0.25) is 0 Å². The summed E-state index contributed by atoms with van der Waals surface area (Å²) in [6.07, 6.45) is 0.480. The van der Waals surface area contributed by atoms with Crippen LogP contribution in [0.4, 0.5) is 0 Å². The Bertz CT molecular complexity index is 856. The molecule has 3 aromatic rings. The molecule has 0 atom stereocenters. The first-order chi connectivity index (χ1) is 11.5. The fraction of sp³-hybridized carbons (Fsp3) is 0.238. The van der Waals surface area contributed by atoms with Crippen LogP contribution in [0.5, 0.6) is 0 Å². The molecule has 0 bridgehead atoms. The van der Waals surface area contributed by atoms with Gasteiger partial charge in [-0.05, 0) is 31.9 Å². The molecule has 120 valence electrons. The monoisotopic (exact) mass is 316 g/mol. The zero-order valence-corrected chi connectivity index (χ0v) is 14.2. The van der Waals surface area contributed by atoms with Gasteiger partial charge in [0.25, 0.3) is 0 Å². The second-order valence-corrected chi connectivity index (χ2v) is 6.36. The zero-order chi connectivity index (χ0) is 17.2. The Morgan fingerprint density at radius 2 is 1.54 bits per heavy atom. The van der Waals surface area contributed by atoms with E-state index in [0.29, 0.717) is 6.42 Å². The lowest BCUT2D eigenvalue weighted by Gasteiger charge is -2.27. The van der Waals surface area contributed by atoms with Crippen molar-refractivity contribution in [2.75, 3.05) is 0 Å². The first kappa shape index (κ1) is 16.0. The van der Waals surface area contributed by atoms with Crippen molar-refractivity contribution in [3.05, 3.63) is 88.3 Å². The molecule has 0 unspecified atom stereocenters. The van der Waals surface area contributed by atoms with Crippen LogP contribution in [0.3, 0.4) is 0 Å². The maximum Gasteiger partial charge on any atom is 0.133 e. The van der Waals surface area contributed by atoms with Crippen molar-refractivity contribution >= 4 is 0 Å². The average Bonchev–Trinajstić information content (AvgIpc) is 2.97. The Balaban J connectivity index is 2.20. The Kier molecular flexibility index (Phi) is 4.22. The van der Waals surface area contributed by atoms with E-state index in [0.717, 1.165) is 33.7 Å². The highest BCUT2D eigenvalue weighted by molar-refractivity contribution is 5.49. The van der Waals surface area contributed by atoms with Crippen LogP contribution in [0.15, 0.2) is 59.1 Å². The number of benzene rings is 2. The molecule has 3 rings (SSSR count). The Morgan fingerprint density at radius 1 is 0.958 bits per heavy atom. The predicted molar refractivity (Wildman–Crippen MR) is 93.7 cm³/mol. The van der Waals surface area contributed by atoms with Gasteiger partial charge < -0.3 is 4.52 Å². The van der Waals surface area contributed by atoms with E-state index in [9.17, 15) is 5.26 Å². The lowest BCUT2D eigenvalue weighted by Crippen LogP contribution is -2.29. The highest BCUT2D eigenvalue weighted by Crippen LogP contribution is 2.36. The third-order valence-electron chi connectivity index (χ3n) is 4.34. The van der Waals surface area contributed by atoms with E-state index < -0.39 is 5.41 Å². The van der Waals surface area contributed by atoms with Gasteiger partial charge in [-0.1, -0.05) is 64.8 Å². The molecule has 2 aromatic carbocycles. The van der Waals surface area contributed by atoms with E-state index in [1.54, 1.807) is 0 Å². The molecule has 0 fully saturated rings. The molecule has 0 aliphatic heterocycles. The van der Waals surface area contributed by atoms with Gasteiger partial charge in [-0.15, -0.1) is 0 Å². The number of hydrogen-bond donors (Lipinski definition) is 0. The van der Waals surface area contributed by atoms with Crippen LogP contribution in [0.2, 0.25) is 0 Å². The molecule has 0 amide bonds. The third kappa shape index (κ3) is 2.96. The second-order valence-electron chi connectivity index (χ2n) is 6.36. The Labute approximate surface area is 142 Å². The number of rotatable bonds is 4. The smallest absolute Gasteiger partial charge is 0.133 e. The van der Waals surface area contributed by atoms with Gasteiger partial charge in [-0.2, -0.15) is 5.26 Å². The molecule has 0 saturated carbocycles. The van der Waals surface area contributed by atoms with E-state index in [1.165, 1.54) is 0 Å². The van der Waals surface area contributed by atoms with Gasteiger partial charge >= 0.3 is 0 Å². The van der Waals surface area contributed by atoms with Crippen LogP contribution in [0.1, 0.15) is 33.7 Å². The number of aryl methyl sites for hydroxylation is 3. The van der Waals surface area contributed by atoms with Gasteiger partial charge in [0.1, 0.15) is 11.2 Å². The molecule has 1 aromatic heterocycles. The minimum atomic E-state index is -0.790. The lowest BCUT2D eigenvalue weighted by molar-refractivity contribution is 0.387. The topological polar surface area (TPSA) is 49.8 Å². The standard InChI is InChI=1S/C21H20N2O/c1-15-6-4-8-18(10-15)21(14-22,13-20-12-17(3)24-23-20)19-9-5-7-16(2)11-19/h4-12H,13H2,1-3H3. The summed E-state index contributed by atoms with van der Waals surface area (Å²) in [5, 5.41) is 14.3. The molecule has 0 N–H and O–H groups in total. The van der Waals surface area contributed by atoms with E-state index in [-0.39, 0.29) is 0 Å². The highest BCUT2D eigenvalue weighted by Gasteiger charge is 2.36. The summed E-state index contributed by atoms with van der Waals surface area (Å²) in [5.41, 5.74) is 4.23. The van der Waals surface area contributed by atoms with Crippen molar-refractivity contribution in [3.63, 3.8) is 0 Å². The number of hydrogen-bond acceptors (Lipinski definition) is 3. The molecule has 0 spiro atoms. The summed E-state index contributed by atoms with van der Waals surface area (Å²) < 4.78 is 5.21. The summed E-state index contributed by atoms with van der Waals surface area (Å²) in [6, 6.07) is 20.8. The van der Waals surface area contributed by atoms with Crippen LogP contribution in [-0.4, -0.2) is 5.16 Å². The first-order valence-corrected chi connectivity index (χ1v) is 8.01. The predicted octanol–water partition coefficient (Wildman–Crippen LogP) is 4.65. The largest absolute Gasteiger partial charge is 0.361 e. The van der Waals surface area contributed by atoms with Crippen molar-refractivity contribution in [1.29, 1.82) is 5.26 Å². The normalized spacial score (nSPS) is 11.2. The average molecular weight is 316 g/mol. The number of nitrogens with zero attached hydrogens (tertiary/aromatic N) is 2. The van der Waals surface area contributed by atoms with Crippen LogP contribution in [0, 0.1) is 32.1 Å². The van der Waals surface area contributed by atoms with E-state index in [1.807, 2.05) is 63.2 Å². The minimum absolute atomic E-state index is 0.480. The van der Waals surface area contributed by atoms with Gasteiger partial charge in [-0.3, -0.25) is 0 Å². The molecule has 0 radical (unpaired) electrons. The molecule has 0 aliphatic carbocycles. The maximum absolute atomic E-state index is 10.2. The summed E-state index contributed by atoms with van der Waals surface area (Å²) >= 11 is 0. The Hall–Kier alpha value is -2.86. The maximum atomic E-state index is 10.2. The molecular weight excluding hydrogens is 296 g/mol. The summed E-state index contributed by atoms with van der Waals surface area (Å²) in [4.78, 5) is 0. The van der Waals surface area contributed by atoms with Crippen molar-refractivity contribution in [3.8, 4) is 6.07 Å². The van der Waals surface area contributed by atoms with Gasteiger partial charge in [0.15, 0.2) is 0 Å². The van der Waals surface area contributed by atoms with Crippen LogP contribution in [-0.2, 0) is 11.8 Å². The molecule has 0 aliphatic rings. The number of nitriles is 1. The summed E-state index contributed by atoms with van der Waals surface area (Å²) in [6.45, 7) is 5.95. The third-order valence-corrected chi connectivity index (χ3v) is 4.34. The molecule has 3 heteroatoms. The van der Waals surface area contributed by atoms with Crippen molar-refractivity contribution in [2.24, 2.45) is 0 Å². The van der Waals surface area contributed by atoms with E-state index >= 15 is 0 Å². The molecule has 24 heavy (non-hydrogen) atoms. The number of aromatic nitrogens is 1. The molecular formula is C21H20N2O. The highest BCUT2D eigenvalue weighted by atomic mass is 16.5. The van der Waals surface area contributed by atoms with Gasteiger partial charge in [-0.25, -0.2) is 0 Å². The zero-order valence-electron chi connectivity index (χ0n) is 14.2. The van der Waals surface area contributed by atoms with Crippen molar-refractivity contribution in [1.82, 2.24) is 5.16 Å². The lowest BCUT2D eigenvalue weighted by atomic mass is 9.72. The van der Waals surface area contributed by atoms with Crippen LogP contribution in [0.25, 0.3) is 0 Å². The van der Waals surface area contributed by atoms with E-state index in [2.05, 4.69) is 23.4 Å².